The third kappa shape index (κ3) is 5.43. The SMILES string of the molecule is CN=C(NCc1ccccc1CN1CCOCC1)NC1CCS(=O)(=O)C1. The zero-order chi connectivity index (χ0) is 18.4. The molecule has 26 heavy (non-hydrogen) atoms. The molecule has 1 unspecified atom stereocenters. The van der Waals surface area contributed by atoms with Crippen molar-refractivity contribution in [3.05, 3.63) is 35.4 Å². The van der Waals surface area contributed by atoms with Crippen LogP contribution in [-0.2, 0) is 27.7 Å². The van der Waals surface area contributed by atoms with Crippen molar-refractivity contribution >= 4 is 15.8 Å². The fourth-order valence-corrected chi connectivity index (χ4v) is 5.03. The zero-order valence-corrected chi connectivity index (χ0v) is 16.1. The highest BCUT2D eigenvalue weighted by Gasteiger charge is 2.28. The van der Waals surface area contributed by atoms with E-state index >= 15 is 0 Å². The Kier molecular flexibility index (Phi) is 6.50. The molecule has 0 saturated carbocycles. The molecule has 0 amide bonds. The highest BCUT2D eigenvalue weighted by Crippen LogP contribution is 2.14. The summed E-state index contributed by atoms with van der Waals surface area (Å²) < 4.78 is 28.6. The maximum Gasteiger partial charge on any atom is 0.191 e. The molecule has 2 heterocycles. The highest BCUT2D eigenvalue weighted by molar-refractivity contribution is 7.91. The van der Waals surface area contributed by atoms with E-state index in [0.29, 0.717) is 18.9 Å². The number of hydrogen-bond donors (Lipinski definition) is 2. The Morgan fingerprint density at radius 1 is 1.27 bits per heavy atom. The van der Waals surface area contributed by atoms with Crippen LogP contribution in [0.5, 0.6) is 0 Å². The van der Waals surface area contributed by atoms with Gasteiger partial charge < -0.3 is 15.4 Å². The summed E-state index contributed by atoms with van der Waals surface area (Å²) in [6.45, 7) is 5.07. The first kappa shape index (κ1) is 19.1. The molecule has 0 spiro atoms. The van der Waals surface area contributed by atoms with Crippen molar-refractivity contribution in [3.8, 4) is 0 Å². The fraction of sp³-hybridized carbons (Fsp3) is 0.611. The van der Waals surface area contributed by atoms with E-state index in [2.05, 4.69) is 38.7 Å². The summed E-state index contributed by atoms with van der Waals surface area (Å²) in [5.74, 6) is 1.08. The summed E-state index contributed by atoms with van der Waals surface area (Å²) in [5.41, 5.74) is 2.52. The van der Waals surface area contributed by atoms with Crippen LogP contribution in [-0.4, -0.2) is 70.2 Å². The average Bonchev–Trinajstić information content (AvgIpc) is 2.99. The molecule has 0 aliphatic carbocycles. The highest BCUT2D eigenvalue weighted by atomic mass is 32.2. The Morgan fingerprint density at radius 2 is 2.00 bits per heavy atom. The van der Waals surface area contributed by atoms with Gasteiger partial charge in [0.2, 0.25) is 0 Å². The summed E-state index contributed by atoms with van der Waals surface area (Å²) in [6, 6.07) is 8.33. The van der Waals surface area contributed by atoms with Crippen molar-refractivity contribution in [2.45, 2.75) is 25.6 Å². The molecule has 7 nitrogen and oxygen atoms in total. The number of guanidine groups is 1. The van der Waals surface area contributed by atoms with Crippen molar-refractivity contribution in [2.24, 2.45) is 4.99 Å². The number of sulfone groups is 1. The average molecular weight is 381 g/mol. The van der Waals surface area contributed by atoms with Gasteiger partial charge in [0.25, 0.3) is 0 Å². The van der Waals surface area contributed by atoms with Crippen LogP contribution in [0.25, 0.3) is 0 Å². The first-order chi connectivity index (χ1) is 12.6. The van der Waals surface area contributed by atoms with E-state index in [1.54, 1.807) is 7.05 Å². The first-order valence-corrected chi connectivity index (χ1v) is 10.9. The van der Waals surface area contributed by atoms with Crippen LogP contribution in [0.1, 0.15) is 17.5 Å². The molecule has 3 rings (SSSR count). The third-order valence-corrected chi connectivity index (χ3v) is 6.63. The van der Waals surface area contributed by atoms with E-state index in [-0.39, 0.29) is 17.5 Å². The fourth-order valence-electron chi connectivity index (χ4n) is 3.36. The molecule has 1 aromatic carbocycles. The molecule has 0 bridgehead atoms. The second-order valence-corrected chi connectivity index (χ2v) is 9.06. The van der Waals surface area contributed by atoms with Gasteiger partial charge in [-0.15, -0.1) is 0 Å². The number of benzene rings is 1. The lowest BCUT2D eigenvalue weighted by molar-refractivity contribution is 0.0341. The summed E-state index contributed by atoms with van der Waals surface area (Å²) in [5, 5.41) is 6.54. The van der Waals surface area contributed by atoms with Crippen molar-refractivity contribution in [2.75, 3.05) is 44.9 Å². The Labute approximate surface area is 155 Å². The van der Waals surface area contributed by atoms with Gasteiger partial charge in [-0.05, 0) is 17.5 Å². The maximum absolute atomic E-state index is 11.6. The van der Waals surface area contributed by atoms with Crippen molar-refractivity contribution in [1.82, 2.24) is 15.5 Å². The van der Waals surface area contributed by atoms with Crippen molar-refractivity contribution in [3.63, 3.8) is 0 Å². The van der Waals surface area contributed by atoms with Gasteiger partial charge in [-0.2, -0.15) is 0 Å². The topological polar surface area (TPSA) is 83.0 Å². The lowest BCUT2D eigenvalue weighted by atomic mass is 10.1. The molecule has 1 atom stereocenters. The molecule has 144 valence electrons. The Morgan fingerprint density at radius 3 is 2.65 bits per heavy atom. The van der Waals surface area contributed by atoms with Crippen LogP contribution in [0, 0.1) is 0 Å². The molecular formula is C18H28N4O3S. The molecule has 2 saturated heterocycles. The standard InChI is InChI=1S/C18H28N4O3S/c1-19-18(21-17-6-11-26(23,24)14-17)20-12-15-4-2-3-5-16(15)13-22-7-9-25-10-8-22/h2-5,17H,6-14H2,1H3,(H2,19,20,21). The van der Waals surface area contributed by atoms with Gasteiger partial charge in [-0.1, -0.05) is 24.3 Å². The quantitative estimate of drug-likeness (QED) is 0.567. The predicted octanol–water partition coefficient (Wildman–Crippen LogP) is 0.371. The number of morpholine rings is 1. The van der Waals surface area contributed by atoms with Crippen LogP contribution in [0.15, 0.2) is 29.3 Å². The van der Waals surface area contributed by atoms with Crippen LogP contribution in [0.4, 0.5) is 0 Å². The maximum atomic E-state index is 11.6. The Balaban J connectivity index is 1.56. The van der Waals surface area contributed by atoms with Gasteiger partial charge in [0, 0.05) is 39.3 Å². The Bertz CT molecular complexity index is 730. The first-order valence-electron chi connectivity index (χ1n) is 9.10. The lowest BCUT2D eigenvalue weighted by Gasteiger charge is -2.27. The van der Waals surface area contributed by atoms with E-state index in [1.807, 2.05) is 6.07 Å². The van der Waals surface area contributed by atoms with Crippen LogP contribution in [0.2, 0.25) is 0 Å². The van der Waals surface area contributed by atoms with E-state index in [0.717, 1.165) is 32.8 Å². The summed E-state index contributed by atoms with van der Waals surface area (Å²) >= 11 is 0. The van der Waals surface area contributed by atoms with Gasteiger partial charge in [0.1, 0.15) is 0 Å². The predicted molar refractivity (Wildman–Crippen MR) is 103 cm³/mol. The van der Waals surface area contributed by atoms with E-state index < -0.39 is 9.84 Å². The minimum Gasteiger partial charge on any atom is -0.379 e. The van der Waals surface area contributed by atoms with Crippen LogP contribution in [0.3, 0.4) is 0 Å². The minimum atomic E-state index is -2.90. The number of nitrogens with zero attached hydrogens (tertiary/aromatic N) is 2. The van der Waals surface area contributed by atoms with E-state index in [4.69, 9.17) is 4.74 Å². The number of aliphatic imine (C=N–C) groups is 1. The zero-order valence-electron chi connectivity index (χ0n) is 15.3. The van der Waals surface area contributed by atoms with Crippen molar-refractivity contribution < 1.29 is 13.2 Å². The number of nitrogens with one attached hydrogen (secondary N) is 2. The molecule has 2 aliphatic rings. The molecule has 2 aliphatic heterocycles. The second-order valence-electron chi connectivity index (χ2n) is 6.83. The molecular weight excluding hydrogens is 352 g/mol. The smallest absolute Gasteiger partial charge is 0.191 e. The van der Waals surface area contributed by atoms with Crippen molar-refractivity contribution in [1.29, 1.82) is 0 Å². The number of ether oxygens (including phenoxy) is 1. The molecule has 8 heteroatoms. The Hall–Kier alpha value is -1.64. The van der Waals surface area contributed by atoms with Crippen LogP contribution >= 0.6 is 0 Å². The van der Waals surface area contributed by atoms with Gasteiger partial charge in [0.05, 0.1) is 24.7 Å². The van der Waals surface area contributed by atoms with E-state index in [9.17, 15) is 8.42 Å². The lowest BCUT2D eigenvalue weighted by Crippen LogP contribution is -2.43. The molecule has 1 aromatic rings. The number of rotatable bonds is 5. The molecule has 2 N–H and O–H groups in total. The van der Waals surface area contributed by atoms with Gasteiger partial charge in [0.15, 0.2) is 15.8 Å². The van der Waals surface area contributed by atoms with Crippen LogP contribution < -0.4 is 10.6 Å². The third-order valence-electron chi connectivity index (χ3n) is 4.86. The normalized spacial score (nSPS) is 23.7. The second kappa shape index (κ2) is 8.83. The van der Waals surface area contributed by atoms with Gasteiger partial charge in [-0.3, -0.25) is 9.89 Å². The molecule has 2 fully saturated rings. The monoisotopic (exact) mass is 380 g/mol. The summed E-state index contributed by atoms with van der Waals surface area (Å²) in [6.07, 6.45) is 0.636. The minimum absolute atomic E-state index is 0.0604. The van der Waals surface area contributed by atoms with Gasteiger partial charge in [-0.25, -0.2) is 8.42 Å². The van der Waals surface area contributed by atoms with E-state index in [1.165, 1.54) is 11.1 Å². The van der Waals surface area contributed by atoms with Gasteiger partial charge >= 0.3 is 0 Å². The molecule has 0 aromatic heterocycles. The summed E-state index contributed by atoms with van der Waals surface area (Å²) in [7, 11) is -1.19. The summed E-state index contributed by atoms with van der Waals surface area (Å²) in [4.78, 5) is 6.63. The largest absolute Gasteiger partial charge is 0.379 e. The number of hydrogen-bond acceptors (Lipinski definition) is 5. The molecule has 0 radical (unpaired) electrons.